The van der Waals surface area contributed by atoms with Crippen LogP contribution in [0.15, 0.2) is 30.3 Å². The third-order valence-corrected chi connectivity index (χ3v) is 4.60. The van der Waals surface area contributed by atoms with E-state index in [4.69, 9.17) is 27.9 Å². The van der Waals surface area contributed by atoms with Crippen molar-refractivity contribution in [2.75, 3.05) is 11.9 Å². The summed E-state index contributed by atoms with van der Waals surface area (Å²) in [6.45, 7) is 5.52. The molecule has 0 atom stereocenters. The van der Waals surface area contributed by atoms with Crippen LogP contribution >= 0.6 is 23.2 Å². The first-order valence-corrected chi connectivity index (χ1v) is 8.99. The van der Waals surface area contributed by atoms with E-state index in [1.807, 2.05) is 19.9 Å². The molecule has 0 aliphatic carbocycles. The number of carbonyl (C=O) groups excluding carboxylic acids is 1. The third kappa shape index (κ3) is 4.27. The van der Waals surface area contributed by atoms with E-state index in [0.717, 1.165) is 30.6 Å². The Hall–Kier alpha value is -1.75. The van der Waals surface area contributed by atoms with Gasteiger partial charge in [-0.05, 0) is 68.3 Å². The van der Waals surface area contributed by atoms with Gasteiger partial charge < -0.3 is 15.4 Å². The molecular formula is C19H20Cl2N2O2. The van der Waals surface area contributed by atoms with E-state index >= 15 is 0 Å². The first kappa shape index (κ1) is 18.1. The van der Waals surface area contributed by atoms with Crippen LogP contribution < -0.4 is 15.4 Å². The third-order valence-electron chi connectivity index (χ3n) is 3.97. The molecule has 3 rings (SSSR count). The predicted octanol–water partition coefficient (Wildman–Crippen LogP) is 4.68. The summed E-state index contributed by atoms with van der Waals surface area (Å²) in [7, 11) is 0. The van der Waals surface area contributed by atoms with Gasteiger partial charge in [-0.25, -0.2) is 0 Å². The minimum absolute atomic E-state index is 0.0171. The Morgan fingerprint density at radius 2 is 2.00 bits per heavy atom. The normalized spacial score (nSPS) is 13.5. The van der Waals surface area contributed by atoms with Crippen LogP contribution in [0.25, 0.3) is 0 Å². The van der Waals surface area contributed by atoms with Gasteiger partial charge >= 0.3 is 0 Å². The quantitative estimate of drug-likeness (QED) is 0.811. The lowest BCUT2D eigenvalue weighted by Crippen LogP contribution is -2.24. The Morgan fingerprint density at radius 1 is 1.20 bits per heavy atom. The smallest absolute Gasteiger partial charge is 0.255 e. The first-order valence-electron chi connectivity index (χ1n) is 8.23. The summed E-state index contributed by atoms with van der Waals surface area (Å²) in [5.74, 6) is 0.328. The van der Waals surface area contributed by atoms with Gasteiger partial charge in [0.05, 0.1) is 11.1 Å². The van der Waals surface area contributed by atoms with Crippen molar-refractivity contribution < 1.29 is 9.53 Å². The van der Waals surface area contributed by atoms with E-state index in [2.05, 4.69) is 10.6 Å². The number of ether oxygens (including phenoxy) is 1. The van der Waals surface area contributed by atoms with Crippen LogP contribution in [0.5, 0.6) is 5.75 Å². The SMILES string of the molecule is CC(C)Oc1ccc(C(=O)Nc2cc(Cl)c3c(c2)CNCC3)cc1Cl. The fourth-order valence-corrected chi connectivity index (χ4v) is 3.39. The number of nitrogens with one attached hydrogen (secondary N) is 2. The van der Waals surface area contributed by atoms with E-state index in [-0.39, 0.29) is 12.0 Å². The summed E-state index contributed by atoms with van der Waals surface area (Å²) in [5, 5.41) is 7.29. The van der Waals surface area contributed by atoms with Gasteiger partial charge in [0, 0.05) is 22.8 Å². The van der Waals surface area contributed by atoms with Crippen LogP contribution in [0.4, 0.5) is 5.69 Å². The number of fused-ring (bicyclic) bond motifs is 1. The fraction of sp³-hybridized carbons (Fsp3) is 0.316. The Morgan fingerprint density at radius 3 is 2.72 bits per heavy atom. The molecule has 1 aliphatic heterocycles. The molecule has 0 fully saturated rings. The predicted molar refractivity (Wildman–Crippen MR) is 102 cm³/mol. The molecular weight excluding hydrogens is 359 g/mol. The molecule has 1 amide bonds. The van der Waals surface area contributed by atoms with Crippen LogP contribution in [0.3, 0.4) is 0 Å². The van der Waals surface area contributed by atoms with Crippen molar-refractivity contribution in [3.05, 3.63) is 57.1 Å². The van der Waals surface area contributed by atoms with Crippen LogP contribution in [0.2, 0.25) is 10.0 Å². The molecule has 1 heterocycles. The van der Waals surface area contributed by atoms with Crippen LogP contribution in [-0.2, 0) is 13.0 Å². The highest BCUT2D eigenvalue weighted by molar-refractivity contribution is 6.32. The summed E-state index contributed by atoms with van der Waals surface area (Å²) < 4.78 is 5.59. The highest BCUT2D eigenvalue weighted by Crippen LogP contribution is 2.29. The molecule has 0 spiro atoms. The van der Waals surface area contributed by atoms with E-state index in [1.54, 1.807) is 24.3 Å². The largest absolute Gasteiger partial charge is 0.489 e. The Kier molecular flexibility index (Phi) is 5.52. The standard InChI is InChI=1S/C19H20Cl2N2O2/c1-11(2)25-18-4-3-12(8-17(18)21)19(24)23-14-7-13-10-22-6-5-15(13)16(20)9-14/h3-4,7-9,11,22H,5-6,10H2,1-2H3,(H,23,24). The molecule has 6 heteroatoms. The number of hydrogen-bond donors (Lipinski definition) is 2. The summed E-state index contributed by atoms with van der Waals surface area (Å²) in [5.41, 5.74) is 3.41. The van der Waals surface area contributed by atoms with Crippen molar-refractivity contribution in [2.24, 2.45) is 0 Å². The summed E-state index contributed by atoms with van der Waals surface area (Å²) in [6, 6.07) is 8.77. The van der Waals surface area contributed by atoms with E-state index in [0.29, 0.717) is 27.0 Å². The van der Waals surface area contributed by atoms with E-state index in [1.165, 1.54) is 0 Å². The maximum absolute atomic E-state index is 12.5. The van der Waals surface area contributed by atoms with Crippen molar-refractivity contribution >= 4 is 34.8 Å². The van der Waals surface area contributed by atoms with Crippen molar-refractivity contribution in [2.45, 2.75) is 32.9 Å². The molecule has 2 aromatic carbocycles. The van der Waals surface area contributed by atoms with Crippen LogP contribution in [0.1, 0.15) is 35.3 Å². The van der Waals surface area contributed by atoms with Gasteiger partial charge in [0.15, 0.2) is 0 Å². The van der Waals surface area contributed by atoms with E-state index < -0.39 is 0 Å². The maximum Gasteiger partial charge on any atom is 0.255 e. The van der Waals surface area contributed by atoms with E-state index in [9.17, 15) is 4.79 Å². The van der Waals surface area contributed by atoms with Crippen LogP contribution in [-0.4, -0.2) is 18.6 Å². The summed E-state index contributed by atoms with van der Waals surface area (Å²) in [6.07, 6.45) is 0.915. The molecule has 25 heavy (non-hydrogen) atoms. The summed E-state index contributed by atoms with van der Waals surface area (Å²) >= 11 is 12.6. The lowest BCUT2D eigenvalue weighted by molar-refractivity contribution is 0.102. The van der Waals surface area contributed by atoms with Gasteiger partial charge in [0.2, 0.25) is 0 Å². The second-order valence-corrected chi connectivity index (χ2v) is 7.10. The molecule has 4 nitrogen and oxygen atoms in total. The zero-order valence-corrected chi connectivity index (χ0v) is 15.7. The molecule has 0 bridgehead atoms. The highest BCUT2D eigenvalue weighted by atomic mass is 35.5. The Bertz CT molecular complexity index is 806. The first-order chi connectivity index (χ1) is 11.9. The van der Waals surface area contributed by atoms with Gasteiger partial charge in [-0.3, -0.25) is 4.79 Å². The number of rotatable bonds is 4. The van der Waals surface area contributed by atoms with Crippen molar-refractivity contribution in [3.8, 4) is 5.75 Å². The minimum Gasteiger partial charge on any atom is -0.489 e. The molecule has 132 valence electrons. The number of benzene rings is 2. The molecule has 2 aromatic rings. The summed E-state index contributed by atoms with van der Waals surface area (Å²) in [4.78, 5) is 12.5. The Balaban J connectivity index is 1.78. The molecule has 0 unspecified atom stereocenters. The number of carbonyl (C=O) groups is 1. The van der Waals surface area contributed by atoms with Gasteiger partial charge in [0.25, 0.3) is 5.91 Å². The number of anilines is 1. The second-order valence-electron chi connectivity index (χ2n) is 6.29. The fourth-order valence-electron chi connectivity index (χ4n) is 2.83. The maximum atomic E-state index is 12.5. The second kappa shape index (κ2) is 7.65. The highest BCUT2D eigenvalue weighted by Gasteiger charge is 2.16. The van der Waals surface area contributed by atoms with Crippen LogP contribution in [0, 0.1) is 0 Å². The Labute approximate surface area is 157 Å². The van der Waals surface area contributed by atoms with Crippen molar-refractivity contribution in [1.82, 2.24) is 5.32 Å². The lowest BCUT2D eigenvalue weighted by atomic mass is 10.00. The number of halogens is 2. The monoisotopic (exact) mass is 378 g/mol. The lowest BCUT2D eigenvalue weighted by Gasteiger charge is -2.20. The zero-order valence-electron chi connectivity index (χ0n) is 14.2. The van der Waals surface area contributed by atoms with Gasteiger partial charge in [-0.1, -0.05) is 23.2 Å². The molecule has 0 saturated carbocycles. The molecule has 1 aliphatic rings. The average Bonchev–Trinajstić information content (AvgIpc) is 2.56. The molecule has 0 radical (unpaired) electrons. The van der Waals surface area contributed by atoms with Gasteiger partial charge in [-0.15, -0.1) is 0 Å². The topological polar surface area (TPSA) is 50.4 Å². The minimum atomic E-state index is -0.238. The molecule has 0 aromatic heterocycles. The molecule has 2 N–H and O–H groups in total. The average molecular weight is 379 g/mol. The van der Waals surface area contributed by atoms with Gasteiger partial charge in [-0.2, -0.15) is 0 Å². The van der Waals surface area contributed by atoms with Crippen molar-refractivity contribution in [1.29, 1.82) is 0 Å². The van der Waals surface area contributed by atoms with Gasteiger partial charge in [0.1, 0.15) is 5.75 Å². The zero-order chi connectivity index (χ0) is 18.0. The van der Waals surface area contributed by atoms with Crippen molar-refractivity contribution in [3.63, 3.8) is 0 Å². The number of hydrogen-bond acceptors (Lipinski definition) is 3. The number of amides is 1. The molecule has 0 saturated heterocycles.